The molecule has 0 saturated heterocycles. The molecule has 1 aromatic carbocycles. The summed E-state index contributed by atoms with van der Waals surface area (Å²) in [6.45, 7) is 0.222. The van der Waals surface area contributed by atoms with E-state index in [1.54, 1.807) is 0 Å². The van der Waals surface area contributed by atoms with Crippen LogP contribution in [-0.4, -0.2) is 17.2 Å². The smallest absolute Gasteiger partial charge is 0.306 e. The Bertz CT molecular complexity index is 454. The number of carbonyl (C=O) groups is 1. The zero-order valence-electron chi connectivity index (χ0n) is 10.4. The van der Waals surface area contributed by atoms with Crippen LogP contribution < -0.4 is 0 Å². The van der Waals surface area contributed by atoms with E-state index in [0.717, 1.165) is 12.1 Å². The number of ether oxygens (including phenoxy) is 1. The molecule has 0 heterocycles. The Hall–Kier alpha value is -1.49. The lowest BCUT2D eigenvalue weighted by atomic mass is 9.87. The van der Waals surface area contributed by atoms with Crippen LogP contribution in [0.3, 0.4) is 0 Å². The quantitative estimate of drug-likeness (QED) is 0.914. The lowest BCUT2D eigenvalue weighted by Gasteiger charge is -2.26. The summed E-state index contributed by atoms with van der Waals surface area (Å²) in [5.41, 5.74) is 0.583. The number of rotatable bonds is 4. The molecule has 1 N–H and O–H groups in total. The molecule has 0 aliphatic heterocycles. The van der Waals surface area contributed by atoms with Gasteiger partial charge in [-0.1, -0.05) is 6.07 Å². The van der Waals surface area contributed by atoms with Crippen LogP contribution in [0.25, 0.3) is 0 Å². The molecule has 0 aromatic heterocycles. The van der Waals surface area contributed by atoms with Crippen molar-refractivity contribution in [3.8, 4) is 0 Å². The van der Waals surface area contributed by atoms with Gasteiger partial charge in [-0.2, -0.15) is 0 Å². The minimum absolute atomic E-state index is 0.00344. The fourth-order valence-corrected chi connectivity index (χ4v) is 2.32. The van der Waals surface area contributed by atoms with E-state index in [9.17, 15) is 13.6 Å². The van der Waals surface area contributed by atoms with Crippen LogP contribution in [-0.2, 0) is 16.1 Å². The van der Waals surface area contributed by atoms with Gasteiger partial charge in [-0.15, -0.1) is 0 Å². The van der Waals surface area contributed by atoms with E-state index in [4.69, 9.17) is 9.84 Å². The summed E-state index contributed by atoms with van der Waals surface area (Å²) >= 11 is 0. The summed E-state index contributed by atoms with van der Waals surface area (Å²) in [5, 5.41) is 8.87. The van der Waals surface area contributed by atoms with E-state index in [-0.39, 0.29) is 18.6 Å². The number of hydrogen-bond donors (Lipinski definition) is 1. The zero-order valence-corrected chi connectivity index (χ0v) is 10.4. The first-order valence-electron chi connectivity index (χ1n) is 6.34. The van der Waals surface area contributed by atoms with Gasteiger partial charge in [0, 0.05) is 0 Å². The van der Waals surface area contributed by atoms with Crippen LogP contribution in [0.4, 0.5) is 8.78 Å². The van der Waals surface area contributed by atoms with Gasteiger partial charge in [-0.05, 0) is 43.4 Å². The molecule has 2 rings (SSSR count). The molecule has 5 heteroatoms. The van der Waals surface area contributed by atoms with Gasteiger partial charge in [-0.25, -0.2) is 8.78 Å². The Labute approximate surface area is 110 Å². The van der Waals surface area contributed by atoms with Crippen LogP contribution in [0.1, 0.15) is 31.2 Å². The number of hydrogen-bond acceptors (Lipinski definition) is 2. The summed E-state index contributed by atoms with van der Waals surface area (Å²) < 4.78 is 31.3. The van der Waals surface area contributed by atoms with Gasteiger partial charge in [-0.3, -0.25) is 4.79 Å². The van der Waals surface area contributed by atoms with Crippen LogP contribution >= 0.6 is 0 Å². The minimum Gasteiger partial charge on any atom is -0.481 e. The van der Waals surface area contributed by atoms with Crippen molar-refractivity contribution >= 4 is 5.97 Å². The maximum atomic E-state index is 13.0. The second-order valence-electron chi connectivity index (χ2n) is 4.87. The SMILES string of the molecule is O=C(O)C1CCC(OCc2ccc(F)c(F)c2)CC1. The van der Waals surface area contributed by atoms with Gasteiger partial charge in [0.15, 0.2) is 11.6 Å². The molecule has 0 spiro atoms. The first kappa shape index (κ1) is 13.9. The van der Waals surface area contributed by atoms with Gasteiger partial charge < -0.3 is 9.84 Å². The molecule has 1 aliphatic carbocycles. The average molecular weight is 270 g/mol. The second-order valence-corrected chi connectivity index (χ2v) is 4.87. The second kappa shape index (κ2) is 6.10. The highest BCUT2D eigenvalue weighted by Gasteiger charge is 2.26. The monoisotopic (exact) mass is 270 g/mol. The third-order valence-electron chi connectivity index (χ3n) is 3.49. The molecular weight excluding hydrogens is 254 g/mol. The standard InChI is InChI=1S/C14H16F2O3/c15-12-6-1-9(7-13(12)16)8-19-11-4-2-10(3-5-11)14(17)18/h1,6-7,10-11H,2-5,8H2,(H,17,18). The Morgan fingerprint density at radius 3 is 2.47 bits per heavy atom. The largest absolute Gasteiger partial charge is 0.481 e. The molecule has 1 fully saturated rings. The molecule has 19 heavy (non-hydrogen) atoms. The van der Waals surface area contributed by atoms with E-state index < -0.39 is 17.6 Å². The molecular formula is C14H16F2O3. The Morgan fingerprint density at radius 2 is 1.89 bits per heavy atom. The van der Waals surface area contributed by atoms with Gasteiger partial charge in [0.25, 0.3) is 0 Å². The van der Waals surface area contributed by atoms with E-state index >= 15 is 0 Å². The molecule has 0 bridgehead atoms. The summed E-state index contributed by atoms with van der Waals surface area (Å²) in [5.74, 6) is -2.77. The van der Waals surface area contributed by atoms with Crippen molar-refractivity contribution in [3.05, 3.63) is 35.4 Å². The molecule has 1 aromatic rings. The summed E-state index contributed by atoms with van der Waals surface area (Å²) in [7, 11) is 0. The number of carboxylic acids is 1. The highest BCUT2D eigenvalue weighted by molar-refractivity contribution is 5.70. The summed E-state index contributed by atoms with van der Waals surface area (Å²) in [6.07, 6.45) is 2.61. The minimum atomic E-state index is -0.879. The molecule has 0 amide bonds. The lowest BCUT2D eigenvalue weighted by Crippen LogP contribution is -2.25. The molecule has 0 unspecified atom stereocenters. The molecule has 0 radical (unpaired) electrons. The number of benzene rings is 1. The predicted octanol–water partition coefficient (Wildman–Crippen LogP) is 3.12. The first-order valence-corrected chi connectivity index (χ1v) is 6.34. The molecule has 1 aliphatic rings. The predicted molar refractivity (Wildman–Crippen MR) is 64.5 cm³/mol. The third kappa shape index (κ3) is 3.73. The first-order chi connectivity index (χ1) is 9.06. The normalized spacial score (nSPS) is 23.3. The van der Waals surface area contributed by atoms with E-state index in [1.165, 1.54) is 6.07 Å². The summed E-state index contributed by atoms with van der Waals surface area (Å²) in [6, 6.07) is 3.69. The van der Waals surface area contributed by atoms with Gasteiger partial charge in [0.05, 0.1) is 18.6 Å². The fraction of sp³-hybridized carbons (Fsp3) is 0.500. The molecule has 3 nitrogen and oxygen atoms in total. The number of carboxylic acid groups (broad SMARTS) is 1. The van der Waals surface area contributed by atoms with Crippen LogP contribution in [0, 0.1) is 17.6 Å². The van der Waals surface area contributed by atoms with Gasteiger partial charge >= 0.3 is 5.97 Å². The van der Waals surface area contributed by atoms with Crippen LogP contribution in [0.2, 0.25) is 0 Å². The maximum Gasteiger partial charge on any atom is 0.306 e. The number of aliphatic carboxylic acids is 1. The topological polar surface area (TPSA) is 46.5 Å². The van der Waals surface area contributed by atoms with Crippen molar-refractivity contribution in [2.75, 3.05) is 0 Å². The lowest BCUT2D eigenvalue weighted by molar-refractivity contribution is -0.143. The Balaban J connectivity index is 1.80. The third-order valence-corrected chi connectivity index (χ3v) is 3.49. The molecule has 0 atom stereocenters. The van der Waals surface area contributed by atoms with E-state index in [0.29, 0.717) is 31.2 Å². The van der Waals surface area contributed by atoms with Crippen LogP contribution in [0.15, 0.2) is 18.2 Å². The van der Waals surface area contributed by atoms with E-state index in [1.807, 2.05) is 0 Å². The van der Waals surface area contributed by atoms with Crippen molar-refractivity contribution < 1.29 is 23.4 Å². The highest BCUT2D eigenvalue weighted by atomic mass is 19.2. The summed E-state index contributed by atoms with van der Waals surface area (Å²) in [4.78, 5) is 10.8. The fourth-order valence-electron chi connectivity index (χ4n) is 2.32. The van der Waals surface area contributed by atoms with Gasteiger partial charge in [0.1, 0.15) is 0 Å². The molecule has 1 saturated carbocycles. The van der Waals surface area contributed by atoms with Gasteiger partial charge in [0.2, 0.25) is 0 Å². The molecule has 104 valence electrons. The zero-order chi connectivity index (χ0) is 13.8. The van der Waals surface area contributed by atoms with Crippen molar-refractivity contribution in [2.24, 2.45) is 5.92 Å². The average Bonchev–Trinajstić information content (AvgIpc) is 2.40. The van der Waals surface area contributed by atoms with E-state index in [2.05, 4.69) is 0 Å². The highest BCUT2D eigenvalue weighted by Crippen LogP contribution is 2.27. The Kier molecular flexibility index (Phi) is 4.47. The maximum absolute atomic E-state index is 13.0. The van der Waals surface area contributed by atoms with Crippen molar-refractivity contribution in [3.63, 3.8) is 0 Å². The van der Waals surface area contributed by atoms with Crippen LogP contribution in [0.5, 0.6) is 0 Å². The Morgan fingerprint density at radius 1 is 1.21 bits per heavy atom. The van der Waals surface area contributed by atoms with Crippen molar-refractivity contribution in [1.82, 2.24) is 0 Å². The number of halogens is 2. The van der Waals surface area contributed by atoms with Crippen molar-refractivity contribution in [1.29, 1.82) is 0 Å². The van der Waals surface area contributed by atoms with Crippen molar-refractivity contribution in [2.45, 2.75) is 38.4 Å².